The summed E-state index contributed by atoms with van der Waals surface area (Å²) in [6.45, 7) is -1.08. The molecule has 11 nitrogen and oxygen atoms in total. The van der Waals surface area contributed by atoms with Crippen LogP contribution in [0.1, 0.15) is 0 Å². The molecule has 3 rings (SSSR count). The third kappa shape index (κ3) is 6.30. The molecule has 1 N–H and O–H groups in total. The van der Waals surface area contributed by atoms with E-state index in [2.05, 4.69) is 5.32 Å². The van der Waals surface area contributed by atoms with E-state index in [4.69, 9.17) is 9.47 Å². The third-order valence-electron chi connectivity index (χ3n) is 4.37. The number of anilines is 2. The number of nitro benzene ring substituents is 1. The van der Waals surface area contributed by atoms with Crippen LogP contribution in [0.3, 0.4) is 0 Å². The van der Waals surface area contributed by atoms with Gasteiger partial charge in [0.25, 0.3) is 21.6 Å². The molecule has 0 aliphatic rings. The molecule has 0 atom stereocenters. The van der Waals surface area contributed by atoms with E-state index in [0.29, 0.717) is 11.4 Å². The molecule has 0 aliphatic heterocycles. The van der Waals surface area contributed by atoms with E-state index in [1.54, 1.807) is 11.4 Å². The molecular formula is C21H19N3O8S2. The van der Waals surface area contributed by atoms with Gasteiger partial charge in [-0.25, -0.2) is 13.2 Å². The maximum Gasteiger partial charge on any atom is 0.344 e. The van der Waals surface area contributed by atoms with Gasteiger partial charge in [-0.05, 0) is 41.8 Å². The van der Waals surface area contributed by atoms with Crippen LogP contribution in [0, 0.1) is 10.1 Å². The van der Waals surface area contributed by atoms with Gasteiger partial charge in [-0.3, -0.25) is 19.2 Å². The van der Waals surface area contributed by atoms with Gasteiger partial charge in [0, 0.05) is 24.9 Å². The Morgan fingerprint density at radius 2 is 1.82 bits per heavy atom. The van der Waals surface area contributed by atoms with Crippen LogP contribution in [0.5, 0.6) is 5.75 Å². The van der Waals surface area contributed by atoms with E-state index in [1.807, 2.05) is 0 Å². The maximum absolute atomic E-state index is 12.6. The fourth-order valence-electron chi connectivity index (χ4n) is 2.66. The standard InChI is InChI=1S/C21H19N3O8S2/c1-23(34(29,30)21-6-3-11-33-21)16-7-9-18(10-8-16)31-14-20(26)32-13-19(25)22-15-4-2-5-17(12-15)24(27)28/h2-12H,13-14H2,1H3,(H,22,25). The number of nitro groups is 1. The van der Waals surface area contributed by atoms with Gasteiger partial charge in [-0.1, -0.05) is 12.1 Å². The summed E-state index contributed by atoms with van der Waals surface area (Å²) in [7, 11) is -2.23. The van der Waals surface area contributed by atoms with E-state index in [-0.39, 0.29) is 15.6 Å². The van der Waals surface area contributed by atoms with Crippen LogP contribution in [0.25, 0.3) is 0 Å². The number of amides is 1. The lowest BCUT2D eigenvalue weighted by Crippen LogP contribution is -2.25. The van der Waals surface area contributed by atoms with Crippen molar-refractivity contribution in [1.82, 2.24) is 0 Å². The largest absolute Gasteiger partial charge is 0.482 e. The van der Waals surface area contributed by atoms with Gasteiger partial charge in [0.1, 0.15) is 9.96 Å². The van der Waals surface area contributed by atoms with E-state index in [0.717, 1.165) is 15.6 Å². The van der Waals surface area contributed by atoms with Crippen LogP contribution in [0.2, 0.25) is 0 Å². The Labute approximate surface area is 198 Å². The number of sulfonamides is 1. The molecule has 0 aliphatic carbocycles. The smallest absolute Gasteiger partial charge is 0.344 e. The van der Waals surface area contributed by atoms with Gasteiger partial charge in [-0.15, -0.1) is 11.3 Å². The Morgan fingerprint density at radius 1 is 1.09 bits per heavy atom. The predicted octanol–water partition coefficient (Wildman–Crippen LogP) is 3.04. The molecule has 178 valence electrons. The van der Waals surface area contributed by atoms with Crippen LogP contribution in [-0.4, -0.2) is 45.5 Å². The van der Waals surface area contributed by atoms with Crippen molar-refractivity contribution < 1.29 is 32.4 Å². The Morgan fingerprint density at radius 3 is 2.47 bits per heavy atom. The lowest BCUT2D eigenvalue weighted by molar-refractivity contribution is -0.384. The van der Waals surface area contributed by atoms with Crippen LogP contribution >= 0.6 is 11.3 Å². The molecule has 0 radical (unpaired) electrons. The van der Waals surface area contributed by atoms with Crippen molar-refractivity contribution in [1.29, 1.82) is 0 Å². The molecule has 2 aromatic carbocycles. The molecule has 3 aromatic rings. The molecule has 0 bridgehead atoms. The predicted molar refractivity (Wildman–Crippen MR) is 125 cm³/mol. The highest BCUT2D eigenvalue weighted by Crippen LogP contribution is 2.26. The summed E-state index contributed by atoms with van der Waals surface area (Å²) < 4.78 is 36.6. The monoisotopic (exact) mass is 505 g/mol. The lowest BCUT2D eigenvalue weighted by atomic mass is 10.3. The summed E-state index contributed by atoms with van der Waals surface area (Å²) in [6, 6.07) is 14.5. The molecule has 1 amide bonds. The van der Waals surface area contributed by atoms with Crippen LogP contribution in [0.15, 0.2) is 70.3 Å². The van der Waals surface area contributed by atoms with Gasteiger partial charge in [0.05, 0.1) is 10.6 Å². The van der Waals surface area contributed by atoms with E-state index in [1.165, 1.54) is 61.6 Å². The number of nitrogens with one attached hydrogen (secondary N) is 1. The number of non-ortho nitro benzene ring substituents is 1. The number of hydrogen-bond donors (Lipinski definition) is 1. The van der Waals surface area contributed by atoms with Gasteiger partial charge in [0.15, 0.2) is 13.2 Å². The summed E-state index contributed by atoms with van der Waals surface area (Å²) in [6.07, 6.45) is 0. The number of benzene rings is 2. The Kier molecular flexibility index (Phi) is 7.81. The van der Waals surface area contributed by atoms with Crippen molar-refractivity contribution in [2.75, 3.05) is 29.9 Å². The third-order valence-corrected chi connectivity index (χ3v) is 7.53. The van der Waals surface area contributed by atoms with Crippen LogP contribution < -0.4 is 14.4 Å². The van der Waals surface area contributed by atoms with Gasteiger partial charge in [0.2, 0.25) is 0 Å². The molecule has 34 heavy (non-hydrogen) atoms. The maximum atomic E-state index is 12.6. The number of carbonyl (C=O) groups excluding carboxylic acids is 2. The second kappa shape index (κ2) is 10.8. The average molecular weight is 506 g/mol. The minimum absolute atomic E-state index is 0.190. The van der Waals surface area contributed by atoms with Gasteiger partial charge >= 0.3 is 5.97 Å². The molecule has 0 fully saturated rings. The number of hydrogen-bond acceptors (Lipinski definition) is 9. The molecule has 0 spiro atoms. The normalized spacial score (nSPS) is 10.9. The highest BCUT2D eigenvalue weighted by atomic mass is 32.2. The summed E-state index contributed by atoms with van der Waals surface area (Å²) in [5.74, 6) is -1.19. The van der Waals surface area contributed by atoms with Crippen molar-refractivity contribution in [2.24, 2.45) is 0 Å². The molecule has 0 unspecified atom stereocenters. The first kappa shape index (κ1) is 24.7. The fraction of sp³-hybridized carbons (Fsp3) is 0.143. The van der Waals surface area contributed by atoms with Gasteiger partial charge < -0.3 is 14.8 Å². The number of esters is 1. The lowest BCUT2D eigenvalue weighted by Gasteiger charge is -2.18. The molecule has 1 heterocycles. The van der Waals surface area contributed by atoms with Gasteiger partial charge in [-0.2, -0.15) is 0 Å². The van der Waals surface area contributed by atoms with E-state index < -0.39 is 40.0 Å². The number of thiophene rings is 1. The molecule has 13 heteroatoms. The van der Waals surface area contributed by atoms with Crippen molar-refractivity contribution in [3.8, 4) is 5.75 Å². The first-order valence-electron chi connectivity index (χ1n) is 9.62. The zero-order valence-corrected chi connectivity index (χ0v) is 19.4. The fourth-order valence-corrected chi connectivity index (χ4v) is 5.02. The van der Waals surface area contributed by atoms with E-state index >= 15 is 0 Å². The number of rotatable bonds is 10. The second-order valence-corrected chi connectivity index (χ2v) is 9.85. The summed E-state index contributed by atoms with van der Waals surface area (Å²) in [5.41, 5.74) is 0.406. The van der Waals surface area contributed by atoms with Crippen LogP contribution in [-0.2, 0) is 24.3 Å². The average Bonchev–Trinajstić information content (AvgIpc) is 3.37. The topological polar surface area (TPSA) is 145 Å². The first-order valence-corrected chi connectivity index (χ1v) is 11.9. The number of ether oxygens (including phenoxy) is 2. The minimum Gasteiger partial charge on any atom is -0.482 e. The zero-order valence-electron chi connectivity index (χ0n) is 17.7. The molecule has 0 saturated carbocycles. The number of carbonyl (C=O) groups is 2. The summed E-state index contributed by atoms with van der Waals surface area (Å²) in [5, 5.41) is 14.8. The van der Waals surface area contributed by atoms with Crippen LogP contribution in [0.4, 0.5) is 17.1 Å². The summed E-state index contributed by atoms with van der Waals surface area (Å²) >= 11 is 1.11. The van der Waals surface area contributed by atoms with E-state index in [9.17, 15) is 28.1 Å². The Bertz CT molecular complexity index is 1280. The zero-order chi connectivity index (χ0) is 24.7. The quantitative estimate of drug-likeness (QED) is 0.251. The number of nitrogens with zero attached hydrogens (tertiary/aromatic N) is 2. The van der Waals surface area contributed by atoms with Crippen molar-refractivity contribution in [2.45, 2.75) is 4.21 Å². The van der Waals surface area contributed by atoms with Crippen molar-refractivity contribution in [3.63, 3.8) is 0 Å². The highest BCUT2D eigenvalue weighted by Gasteiger charge is 2.22. The minimum atomic E-state index is -3.67. The van der Waals surface area contributed by atoms with Crippen molar-refractivity contribution in [3.05, 3.63) is 76.2 Å². The molecular weight excluding hydrogens is 486 g/mol. The highest BCUT2D eigenvalue weighted by molar-refractivity contribution is 7.94. The molecule has 1 aromatic heterocycles. The summed E-state index contributed by atoms with van der Waals surface area (Å²) in [4.78, 5) is 33.9. The Balaban J connectivity index is 1.46. The molecule has 0 saturated heterocycles. The second-order valence-electron chi connectivity index (χ2n) is 6.70. The SMILES string of the molecule is CN(c1ccc(OCC(=O)OCC(=O)Nc2cccc([N+](=O)[O-])c2)cc1)S(=O)(=O)c1cccs1. The Hall–Kier alpha value is -3.97. The first-order chi connectivity index (χ1) is 16.2. The van der Waals surface area contributed by atoms with Crippen molar-refractivity contribution >= 4 is 50.3 Å².